The van der Waals surface area contributed by atoms with Gasteiger partial charge in [-0.2, -0.15) is 0 Å². The number of hydrogen-bond acceptors (Lipinski definition) is 2. The normalized spacial score (nSPS) is 15.7. The van der Waals surface area contributed by atoms with Crippen molar-refractivity contribution in [1.82, 2.24) is 4.90 Å². The van der Waals surface area contributed by atoms with Crippen LogP contribution >= 0.6 is 0 Å². The van der Waals surface area contributed by atoms with Crippen LogP contribution in [0.3, 0.4) is 0 Å². The van der Waals surface area contributed by atoms with Crippen molar-refractivity contribution in [1.29, 1.82) is 0 Å². The van der Waals surface area contributed by atoms with E-state index < -0.39 is 0 Å². The van der Waals surface area contributed by atoms with Crippen LogP contribution in [0.1, 0.15) is 37.0 Å². The van der Waals surface area contributed by atoms with Crippen LogP contribution in [0.15, 0.2) is 36.9 Å². The first-order chi connectivity index (χ1) is 10.5. The Morgan fingerprint density at radius 2 is 1.82 bits per heavy atom. The summed E-state index contributed by atoms with van der Waals surface area (Å²) < 4.78 is 0. The Hall–Kier alpha value is -2.10. The number of carbonyl (C=O) groups excluding carboxylic acids is 2. The molecule has 0 atom stereocenters. The summed E-state index contributed by atoms with van der Waals surface area (Å²) in [7, 11) is 0. The standard InChI is InChI=1S/C18H24N2O2/c1-4-17(21)19-16-7-5-15(6-8-16)18(22)20-11-9-14(10-12-20)13(2)3/h4-8,13-14H,1,9-12H2,2-3H3,(H,19,21). The lowest BCUT2D eigenvalue weighted by atomic mass is 9.86. The van der Waals surface area contributed by atoms with E-state index in [4.69, 9.17) is 0 Å². The number of hydrogen-bond donors (Lipinski definition) is 1. The maximum Gasteiger partial charge on any atom is 0.253 e. The second-order valence-corrected chi connectivity index (χ2v) is 6.14. The Balaban J connectivity index is 1.96. The SMILES string of the molecule is C=CC(=O)Nc1ccc(C(=O)N2CCC(C(C)C)CC2)cc1. The topological polar surface area (TPSA) is 49.4 Å². The third-order valence-corrected chi connectivity index (χ3v) is 4.35. The van der Waals surface area contributed by atoms with Crippen LogP contribution < -0.4 is 5.32 Å². The third-order valence-electron chi connectivity index (χ3n) is 4.35. The van der Waals surface area contributed by atoms with Crippen molar-refractivity contribution in [3.05, 3.63) is 42.5 Å². The molecule has 4 heteroatoms. The highest BCUT2D eigenvalue weighted by molar-refractivity contribution is 5.99. The van der Waals surface area contributed by atoms with E-state index in [1.807, 2.05) is 4.90 Å². The highest BCUT2D eigenvalue weighted by Gasteiger charge is 2.25. The van der Waals surface area contributed by atoms with Gasteiger partial charge < -0.3 is 10.2 Å². The molecule has 1 aliphatic heterocycles. The van der Waals surface area contributed by atoms with Crippen molar-refractivity contribution in [3.63, 3.8) is 0 Å². The van der Waals surface area contributed by atoms with Gasteiger partial charge in [0.25, 0.3) is 5.91 Å². The van der Waals surface area contributed by atoms with E-state index in [2.05, 4.69) is 25.7 Å². The number of piperidine rings is 1. The third kappa shape index (κ3) is 3.97. The van der Waals surface area contributed by atoms with Gasteiger partial charge in [0.15, 0.2) is 0 Å². The molecule has 0 unspecified atom stereocenters. The van der Waals surface area contributed by atoms with Crippen LogP contribution in [0.2, 0.25) is 0 Å². The highest BCUT2D eigenvalue weighted by Crippen LogP contribution is 2.25. The number of amides is 2. The van der Waals surface area contributed by atoms with Gasteiger partial charge in [0.2, 0.25) is 5.91 Å². The molecule has 2 amide bonds. The summed E-state index contributed by atoms with van der Waals surface area (Å²) in [6, 6.07) is 7.01. The van der Waals surface area contributed by atoms with Crippen LogP contribution in [0, 0.1) is 11.8 Å². The van der Waals surface area contributed by atoms with Gasteiger partial charge in [0, 0.05) is 24.3 Å². The van der Waals surface area contributed by atoms with Gasteiger partial charge in [0.1, 0.15) is 0 Å². The van der Waals surface area contributed by atoms with Gasteiger partial charge in [-0.15, -0.1) is 0 Å². The van der Waals surface area contributed by atoms with Gasteiger partial charge in [0.05, 0.1) is 0 Å². The Bertz CT molecular complexity index is 541. The highest BCUT2D eigenvalue weighted by atomic mass is 16.2. The quantitative estimate of drug-likeness (QED) is 0.867. The first-order valence-electron chi connectivity index (χ1n) is 7.84. The van der Waals surface area contributed by atoms with Gasteiger partial charge in [-0.3, -0.25) is 9.59 Å². The zero-order chi connectivity index (χ0) is 16.1. The second-order valence-electron chi connectivity index (χ2n) is 6.14. The molecule has 0 spiro atoms. The van der Waals surface area contributed by atoms with E-state index in [0.717, 1.165) is 31.8 Å². The molecule has 1 N–H and O–H groups in total. The molecule has 1 aliphatic rings. The first kappa shape index (κ1) is 16.3. The van der Waals surface area contributed by atoms with Crippen LogP contribution in [-0.2, 0) is 4.79 Å². The van der Waals surface area contributed by atoms with Crippen molar-refractivity contribution in [2.45, 2.75) is 26.7 Å². The smallest absolute Gasteiger partial charge is 0.253 e. The fraction of sp³-hybridized carbons (Fsp3) is 0.444. The van der Waals surface area contributed by atoms with Crippen molar-refractivity contribution in [2.24, 2.45) is 11.8 Å². The Morgan fingerprint density at radius 1 is 1.23 bits per heavy atom. The van der Waals surface area contributed by atoms with E-state index >= 15 is 0 Å². The van der Waals surface area contributed by atoms with E-state index in [0.29, 0.717) is 17.2 Å². The van der Waals surface area contributed by atoms with Crippen molar-refractivity contribution >= 4 is 17.5 Å². The largest absolute Gasteiger partial charge is 0.339 e. The lowest BCUT2D eigenvalue weighted by Crippen LogP contribution is -2.39. The molecule has 1 saturated heterocycles. The molecule has 1 aromatic rings. The number of nitrogens with one attached hydrogen (secondary N) is 1. The predicted molar refractivity (Wildman–Crippen MR) is 88.7 cm³/mol. The summed E-state index contributed by atoms with van der Waals surface area (Å²) in [5.41, 5.74) is 1.33. The molecule has 0 radical (unpaired) electrons. The molecule has 118 valence electrons. The average Bonchev–Trinajstić information content (AvgIpc) is 2.55. The number of rotatable bonds is 4. The van der Waals surface area contributed by atoms with Crippen LogP contribution in [0.25, 0.3) is 0 Å². The minimum absolute atomic E-state index is 0.0730. The molecule has 1 fully saturated rings. The summed E-state index contributed by atoms with van der Waals surface area (Å²) in [4.78, 5) is 25.6. The van der Waals surface area contributed by atoms with Crippen LogP contribution in [-0.4, -0.2) is 29.8 Å². The van der Waals surface area contributed by atoms with Crippen LogP contribution in [0.5, 0.6) is 0 Å². The number of benzene rings is 1. The molecule has 0 aromatic heterocycles. The monoisotopic (exact) mass is 300 g/mol. The van der Waals surface area contributed by atoms with E-state index in [9.17, 15) is 9.59 Å². The van der Waals surface area contributed by atoms with Crippen molar-refractivity contribution in [2.75, 3.05) is 18.4 Å². The van der Waals surface area contributed by atoms with Crippen molar-refractivity contribution < 1.29 is 9.59 Å². The van der Waals surface area contributed by atoms with Gasteiger partial charge in [-0.05, 0) is 55.0 Å². The lowest BCUT2D eigenvalue weighted by Gasteiger charge is -2.34. The van der Waals surface area contributed by atoms with E-state index in [-0.39, 0.29) is 11.8 Å². The number of anilines is 1. The minimum atomic E-state index is -0.255. The minimum Gasteiger partial charge on any atom is -0.339 e. The predicted octanol–water partition coefficient (Wildman–Crippen LogP) is 3.32. The van der Waals surface area contributed by atoms with Gasteiger partial charge in [-0.25, -0.2) is 0 Å². The summed E-state index contributed by atoms with van der Waals surface area (Å²) in [6.45, 7) is 9.57. The zero-order valence-electron chi connectivity index (χ0n) is 13.3. The molecule has 1 aromatic carbocycles. The Morgan fingerprint density at radius 3 is 2.32 bits per heavy atom. The molecular weight excluding hydrogens is 276 g/mol. The van der Waals surface area contributed by atoms with E-state index in [1.165, 1.54) is 6.08 Å². The second kappa shape index (κ2) is 7.25. The molecule has 22 heavy (non-hydrogen) atoms. The Kier molecular flexibility index (Phi) is 5.36. The van der Waals surface area contributed by atoms with Crippen molar-refractivity contribution in [3.8, 4) is 0 Å². The first-order valence-corrected chi connectivity index (χ1v) is 7.84. The van der Waals surface area contributed by atoms with E-state index in [1.54, 1.807) is 24.3 Å². The molecule has 1 heterocycles. The number of likely N-dealkylation sites (tertiary alicyclic amines) is 1. The molecule has 2 rings (SSSR count). The summed E-state index contributed by atoms with van der Waals surface area (Å²) in [5, 5.41) is 2.67. The number of nitrogens with zero attached hydrogens (tertiary/aromatic N) is 1. The van der Waals surface area contributed by atoms with Crippen LogP contribution in [0.4, 0.5) is 5.69 Å². The fourth-order valence-corrected chi connectivity index (χ4v) is 2.84. The average molecular weight is 300 g/mol. The summed E-state index contributed by atoms with van der Waals surface area (Å²) in [6.07, 6.45) is 3.38. The lowest BCUT2D eigenvalue weighted by molar-refractivity contribution is -0.111. The molecule has 0 aliphatic carbocycles. The zero-order valence-corrected chi connectivity index (χ0v) is 13.3. The molecule has 0 saturated carbocycles. The number of carbonyl (C=O) groups is 2. The molecule has 0 bridgehead atoms. The molecular formula is C18H24N2O2. The summed E-state index contributed by atoms with van der Waals surface area (Å²) >= 11 is 0. The van der Waals surface area contributed by atoms with Gasteiger partial charge >= 0.3 is 0 Å². The fourth-order valence-electron chi connectivity index (χ4n) is 2.84. The maximum absolute atomic E-state index is 12.5. The maximum atomic E-state index is 12.5. The molecule has 4 nitrogen and oxygen atoms in total. The van der Waals surface area contributed by atoms with Gasteiger partial charge in [-0.1, -0.05) is 20.4 Å². The Labute approximate surface area is 132 Å². The summed E-state index contributed by atoms with van der Waals surface area (Å²) in [5.74, 6) is 1.23.